The van der Waals surface area contributed by atoms with Gasteiger partial charge in [0, 0.05) is 19.3 Å². The van der Waals surface area contributed by atoms with Crippen molar-refractivity contribution in [1.82, 2.24) is 0 Å². The van der Waals surface area contributed by atoms with Gasteiger partial charge in [0.2, 0.25) is 0 Å². The maximum atomic E-state index is 12.9. The Kier molecular flexibility index (Phi) is 53.5. The van der Waals surface area contributed by atoms with Gasteiger partial charge in [0.25, 0.3) is 0 Å². The number of aliphatic hydroxyl groups excluding tert-OH is 1. The molecular formula is C64H103O11P. The van der Waals surface area contributed by atoms with E-state index in [0.717, 1.165) is 141 Å². The van der Waals surface area contributed by atoms with Gasteiger partial charge in [-0.2, -0.15) is 0 Å². The summed E-state index contributed by atoms with van der Waals surface area (Å²) in [5.41, 5.74) is 0. The molecule has 0 saturated carbocycles. The number of rotatable bonds is 52. The number of aliphatic hydroxyl groups is 1. The Bertz CT molecular complexity index is 1780. The van der Waals surface area contributed by atoms with Crippen LogP contribution < -0.4 is 0 Å². The first-order chi connectivity index (χ1) is 37.2. The summed E-state index contributed by atoms with van der Waals surface area (Å²) < 4.78 is 39.5. The van der Waals surface area contributed by atoms with E-state index < -0.39 is 57.8 Å². The van der Waals surface area contributed by atoms with E-state index in [9.17, 15) is 28.9 Å². The number of hydrogen-bond acceptors (Lipinski definition) is 10. The van der Waals surface area contributed by atoms with Crippen LogP contribution in [0.4, 0.5) is 0 Å². The van der Waals surface area contributed by atoms with Gasteiger partial charge >= 0.3 is 25.7 Å². The van der Waals surface area contributed by atoms with Gasteiger partial charge in [-0.3, -0.25) is 23.4 Å². The van der Waals surface area contributed by atoms with Gasteiger partial charge in [-0.1, -0.05) is 199 Å². The third-order valence-corrected chi connectivity index (χ3v) is 12.5. The molecule has 0 aromatic heterocycles. The topological polar surface area (TPSA) is 155 Å². The fourth-order valence-corrected chi connectivity index (χ4v) is 8.02. The average molecular weight is 1080 g/mol. The largest absolute Gasteiger partial charge is 0.472 e. The molecule has 0 heterocycles. The summed E-state index contributed by atoms with van der Waals surface area (Å²) in [6.07, 6.45) is 71.2. The van der Waals surface area contributed by atoms with Crippen LogP contribution in [0.25, 0.3) is 0 Å². The first kappa shape index (κ1) is 71.6. The van der Waals surface area contributed by atoms with E-state index in [-0.39, 0.29) is 25.9 Å². The molecule has 0 aliphatic heterocycles. The molecule has 0 aromatic carbocycles. The molecule has 0 bridgehead atoms. The molecule has 430 valence electrons. The van der Waals surface area contributed by atoms with E-state index in [4.69, 9.17) is 23.3 Å². The van der Waals surface area contributed by atoms with Gasteiger partial charge in [0.05, 0.1) is 19.8 Å². The highest BCUT2D eigenvalue weighted by Gasteiger charge is 2.28. The van der Waals surface area contributed by atoms with Crippen molar-refractivity contribution in [3.05, 3.63) is 134 Å². The maximum Gasteiger partial charge on any atom is 0.472 e. The summed E-state index contributed by atoms with van der Waals surface area (Å²) in [6, 6.07) is 0. The lowest BCUT2D eigenvalue weighted by Gasteiger charge is -2.21. The molecular weight excluding hydrogens is 976 g/mol. The third-order valence-electron chi connectivity index (χ3n) is 11.6. The summed E-state index contributed by atoms with van der Waals surface area (Å²) in [7, 11) is -4.78. The Morgan fingerprint density at radius 1 is 0.368 bits per heavy atom. The van der Waals surface area contributed by atoms with Crippen LogP contribution in [-0.2, 0) is 42.2 Å². The van der Waals surface area contributed by atoms with Gasteiger partial charge in [0.15, 0.2) is 6.10 Å². The Morgan fingerprint density at radius 3 is 1.01 bits per heavy atom. The molecule has 11 nitrogen and oxygen atoms in total. The van der Waals surface area contributed by atoms with Crippen molar-refractivity contribution in [3.63, 3.8) is 0 Å². The standard InChI is InChI=1S/C64H103O11P/c1-4-7-10-13-16-19-22-25-28-30-33-35-38-41-44-47-50-53-62(66)71-57-61(75-64(68)55-52-49-46-43-40-37-34-31-29-26-23-20-17-14-11-8-5-2)59-73-76(69,70)72-58-60(56-65)74-63(67)54-51-48-45-42-39-36-32-27-24-21-18-15-12-9-6-3/h7-12,16-21,25-29,32,34,37,39,42,60-61,65H,4-6,13-15,22-24,30-31,33,35-36,38,40-41,43-59H2,1-3H3,(H,69,70)/b10-7-,11-8-,12-9-,19-16-,20-17-,21-18-,28-25-,29-26-,32-27-,37-34-,42-39-. The second-order valence-electron chi connectivity index (χ2n) is 18.7. The van der Waals surface area contributed by atoms with Crippen LogP contribution in [0, 0.1) is 0 Å². The number of carbonyl (C=O) groups is 3. The van der Waals surface area contributed by atoms with Crippen LogP contribution >= 0.6 is 7.82 Å². The molecule has 76 heavy (non-hydrogen) atoms. The maximum absolute atomic E-state index is 12.9. The predicted octanol–water partition coefficient (Wildman–Crippen LogP) is 17.4. The number of carbonyl (C=O) groups excluding carboxylic acids is 3. The molecule has 0 aliphatic rings. The highest BCUT2D eigenvalue weighted by Crippen LogP contribution is 2.43. The first-order valence-electron chi connectivity index (χ1n) is 29.1. The molecule has 0 rings (SSSR count). The van der Waals surface area contributed by atoms with Gasteiger partial charge in [-0.05, 0) is 128 Å². The van der Waals surface area contributed by atoms with Crippen molar-refractivity contribution in [3.8, 4) is 0 Å². The second-order valence-corrected chi connectivity index (χ2v) is 20.1. The lowest BCUT2D eigenvalue weighted by Crippen LogP contribution is -2.30. The first-order valence-corrected chi connectivity index (χ1v) is 30.6. The predicted molar refractivity (Wildman–Crippen MR) is 316 cm³/mol. The zero-order chi connectivity index (χ0) is 55.5. The minimum absolute atomic E-state index is 0.115. The van der Waals surface area contributed by atoms with E-state index in [0.29, 0.717) is 19.3 Å². The number of unbranched alkanes of at least 4 members (excludes halogenated alkanes) is 13. The van der Waals surface area contributed by atoms with Gasteiger partial charge in [0.1, 0.15) is 12.7 Å². The van der Waals surface area contributed by atoms with E-state index in [1.54, 1.807) is 0 Å². The molecule has 0 radical (unpaired) electrons. The average Bonchev–Trinajstić information content (AvgIpc) is 3.41. The Morgan fingerprint density at radius 2 is 0.645 bits per heavy atom. The summed E-state index contributed by atoms with van der Waals surface area (Å²) in [6.45, 7) is 4.20. The monoisotopic (exact) mass is 1080 g/mol. The second kappa shape index (κ2) is 56.8. The fraction of sp³-hybridized carbons (Fsp3) is 0.609. The number of ether oxygens (including phenoxy) is 3. The molecule has 0 amide bonds. The number of esters is 3. The summed E-state index contributed by atoms with van der Waals surface area (Å²) >= 11 is 0. The molecule has 0 spiro atoms. The van der Waals surface area contributed by atoms with Crippen molar-refractivity contribution in [2.24, 2.45) is 0 Å². The van der Waals surface area contributed by atoms with Crippen molar-refractivity contribution >= 4 is 25.7 Å². The lowest BCUT2D eigenvalue weighted by molar-refractivity contribution is -0.161. The number of allylic oxidation sites excluding steroid dienone is 22. The molecule has 0 aromatic rings. The van der Waals surface area contributed by atoms with Gasteiger partial charge in [-0.15, -0.1) is 0 Å². The quantitative estimate of drug-likeness (QED) is 0.0197. The molecule has 3 atom stereocenters. The normalized spacial score (nSPS) is 14.3. The molecule has 0 saturated heterocycles. The van der Waals surface area contributed by atoms with Crippen LogP contribution in [0.3, 0.4) is 0 Å². The Balaban J connectivity index is 4.84. The van der Waals surface area contributed by atoms with E-state index in [2.05, 4.69) is 154 Å². The minimum Gasteiger partial charge on any atom is -0.462 e. The summed E-state index contributed by atoms with van der Waals surface area (Å²) in [5, 5.41) is 9.81. The Hall–Kier alpha value is -4.38. The van der Waals surface area contributed by atoms with Crippen molar-refractivity contribution < 1.29 is 52.2 Å². The van der Waals surface area contributed by atoms with Crippen molar-refractivity contribution in [1.29, 1.82) is 0 Å². The van der Waals surface area contributed by atoms with Gasteiger partial charge < -0.3 is 24.2 Å². The number of phosphoric acid groups is 1. The van der Waals surface area contributed by atoms with Crippen LogP contribution in [0.5, 0.6) is 0 Å². The number of phosphoric ester groups is 1. The molecule has 12 heteroatoms. The molecule has 2 N–H and O–H groups in total. The van der Waals surface area contributed by atoms with Crippen LogP contribution in [0.15, 0.2) is 134 Å². The van der Waals surface area contributed by atoms with Crippen LogP contribution in [0.1, 0.15) is 213 Å². The fourth-order valence-electron chi connectivity index (χ4n) is 7.23. The zero-order valence-corrected chi connectivity index (χ0v) is 48.3. The molecule has 3 unspecified atom stereocenters. The van der Waals surface area contributed by atoms with Crippen LogP contribution in [0.2, 0.25) is 0 Å². The minimum atomic E-state index is -4.78. The molecule has 0 aliphatic carbocycles. The highest BCUT2D eigenvalue weighted by atomic mass is 31.2. The highest BCUT2D eigenvalue weighted by molar-refractivity contribution is 7.47. The Labute approximate surface area is 461 Å². The SMILES string of the molecule is CC/C=C\C/C=C\C/C=C\C/C=C\CCCCCCC(=O)OC(COC(=O)CCCCCCCCC/C=C\C/C=C\C/C=C\CC)COP(=O)(O)OCC(CO)OC(=O)CCCC/C=C\C/C=C\C/C=C\C/C=C\CC. The van der Waals surface area contributed by atoms with Crippen molar-refractivity contribution in [2.45, 2.75) is 226 Å². The summed E-state index contributed by atoms with van der Waals surface area (Å²) in [5.74, 6) is -1.56. The summed E-state index contributed by atoms with van der Waals surface area (Å²) in [4.78, 5) is 48.6. The van der Waals surface area contributed by atoms with E-state index in [1.807, 2.05) is 0 Å². The van der Waals surface area contributed by atoms with E-state index in [1.165, 1.54) is 12.8 Å². The van der Waals surface area contributed by atoms with Gasteiger partial charge in [-0.25, -0.2) is 4.57 Å². The smallest absolute Gasteiger partial charge is 0.462 e. The third kappa shape index (κ3) is 54.4. The van der Waals surface area contributed by atoms with Crippen LogP contribution in [-0.4, -0.2) is 66.5 Å². The zero-order valence-electron chi connectivity index (χ0n) is 47.4. The number of hydrogen-bond donors (Lipinski definition) is 2. The van der Waals surface area contributed by atoms with E-state index >= 15 is 0 Å². The van der Waals surface area contributed by atoms with Crippen molar-refractivity contribution in [2.75, 3.05) is 26.4 Å². The molecule has 0 fully saturated rings. The lowest BCUT2D eigenvalue weighted by atomic mass is 10.1.